The van der Waals surface area contributed by atoms with Crippen LogP contribution >= 0.6 is 11.8 Å². The van der Waals surface area contributed by atoms with Gasteiger partial charge in [-0.15, -0.1) is 11.8 Å². The number of para-hydroxylation sites is 2. The smallest absolute Gasteiger partial charge is 0.306 e. The highest BCUT2D eigenvalue weighted by Gasteiger charge is 2.16. The average Bonchev–Trinajstić information content (AvgIpc) is 3.21. The van der Waals surface area contributed by atoms with Gasteiger partial charge in [-0.1, -0.05) is 12.1 Å². The highest BCUT2D eigenvalue weighted by Crippen LogP contribution is 2.28. The molecule has 0 amide bonds. The summed E-state index contributed by atoms with van der Waals surface area (Å²) in [5.74, 6) is 0.826. The van der Waals surface area contributed by atoms with Gasteiger partial charge < -0.3 is 4.98 Å². The lowest BCUT2D eigenvalue weighted by atomic mass is 10.2. The molecule has 25 heavy (non-hydrogen) atoms. The van der Waals surface area contributed by atoms with Crippen molar-refractivity contribution in [2.24, 2.45) is 0 Å². The number of fused-ring (bicyclic) bond motifs is 2. The van der Waals surface area contributed by atoms with Crippen LogP contribution in [0.4, 0.5) is 0 Å². The predicted molar refractivity (Wildman–Crippen MR) is 98.9 cm³/mol. The Morgan fingerprint density at radius 3 is 3.08 bits per heavy atom. The molecule has 2 aromatic heterocycles. The lowest BCUT2D eigenvalue weighted by molar-refractivity contribution is 0.679. The number of thioether (sulfide) groups is 1. The van der Waals surface area contributed by atoms with E-state index in [9.17, 15) is 10.1 Å². The zero-order valence-corrected chi connectivity index (χ0v) is 14.6. The molecule has 0 saturated carbocycles. The van der Waals surface area contributed by atoms with E-state index in [0.29, 0.717) is 12.1 Å². The molecule has 0 atom stereocenters. The molecule has 1 aliphatic rings. The Morgan fingerprint density at radius 1 is 1.32 bits per heavy atom. The van der Waals surface area contributed by atoms with Crippen LogP contribution in [0.3, 0.4) is 0 Å². The van der Waals surface area contributed by atoms with Crippen LogP contribution < -0.4 is 5.69 Å². The number of aromatic amines is 1. The van der Waals surface area contributed by atoms with Gasteiger partial charge in [0.15, 0.2) is 0 Å². The van der Waals surface area contributed by atoms with Crippen molar-refractivity contribution in [2.75, 3.05) is 5.75 Å². The molecule has 0 spiro atoms. The molecule has 1 N–H and O–H groups in total. The van der Waals surface area contributed by atoms with Crippen LogP contribution in [-0.4, -0.2) is 20.3 Å². The first-order valence-electron chi connectivity index (χ1n) is 8.49. The van der Waals surface area contributed by atoms with Crippen LogP contribution in [0.1, 0.15) is 29.7 Å². The number of hydrogen-bond donors (Lipinski definition) is 1. The summed E-state index contributed by atoms with van der Waals surface area (Å²) < 4.78 is 1.78. The number of aryl methyl sites for hydroxylation is 3. The van der Waals surface area contributed by atoms with Crippen molar-refractivity contribution in [1.29, 1.82) is 5.26 Å². The number of aromatic nitrogens is 3. The zero-order chi connectivity index (χ0) is 17.2. The van der Waals surface area contributed by atoms with Crippen LogP contribution in [0.25, 0.3) is 11.0 Å². The van der Waals surface area contributed by atoms with E-state index < -0.39 is 0 Å². The summed E-state index contributed by atoms with van der Waals surface area (Å²) in [7, 11) is 0. The third-order valence-electron chi connectivity index (χ3n) is 4.58. The molecular weight excluding hydrogens is 332 g/mol. The third kappa shape index (κ3) is 3.08. The second-order valence-corrected chi connectivity index (χ2v) is 7.30. The first kappa shape index (κ1) is 16.0. The van der Waals surface area contributed by atoms with Crippen molar-refractivity contribution in [1.82, 2.24) is 14.5 Å². The summed E-state index contributed by atoms with van der Waals surface area (Å²) in [6.07, 6.45) is 4.02. The fourth-order valence-corrected chi connectivity index (χ4v) is 4.27. The molecule has 2 heterocycles. The summed E-state index contributed by atoms with van der Waals surface area (Å²) in [5.41, 5.74) is 4.79. The average molecular weight is 350 g/mol. The quantitative estimate of drug-likeness (QED) is 0.566. The highest BCUT2D eigenvalue weighted by atomic mass is 32.2. The van der Waals surface area contributed by atoms with Gasteiger partial charge in [-0.05, 0) is 49.4 Å². The van der Waals surface area contributed by atoms with E-state index >= 15 is 0 Å². The van der Waals surface area contributed by atoms with Gasteiger partial charge in [0, 0.05) is 18.0 Å². The predicted octanol–water partition coefficient (Wildman–Crippen LogP) is 3.27. The number of pyridine rings is 1. The summed E-state index contributed by atoms with van der Waals surface area (Å²) in [4.78, 5) is 19.6. The molecule has 0 saturated heterocycles. The second-order valence-electron chi connectivity index (χ2n) is 6.21. The van der Waals surface area contributed by atoms with Crippen molar-refractivity contribution in [3.05, 3.63) is 57.6 Å². The molecule has 0 radical (unpaired) electrons. The number of nitrogens with one attached hydrogen (secondary N) is 1. The second kappa shape index (κ2) is 6.77. The first-order valence-corrected chi connectivity index (χ1v) is 9.48. The van der Waals surface area contributed by atoms with E-state index in [0.717, 1.165) is 53.2 Å². The number of rotatable bonds is 5. The van der Waals surface area contributed by atoms with Crippen molar-refractivity contribution in [2.45, 2.75) is 37.3 Å². The minimum Gasteiger partial charge on any atom is -0.306 e. The highest BCUT2D eigenvalue weighted by molar-refractivity contribution is 7.99. The standard InChI is InChI=1S/C19H18N4OS/c20-12-14-11-13-5-3-7-15(13)21-18(14)25-10-4-9-23-17-8-2-1-6-16(17)22-19(23)24/h1-2,6,8,11H,3-5,7,9-10H2,(H,22,24). The van der Waals surface area contributed by atoms with Gasteiger partial charge in [0.25, 0.3) is 0 Å². The molecule has 0 bridgehead atoms. The molecule has 5 nitrogen and oxygen atoms in total. The van der Waals surface area contributed by atoms with E-state index in [1.54, 1.807) is 16.3 Å². The van der Waals surface area contributed by atoms with Crippen molar-refractivity contribution < 1.29 is 0 Å². The maximum Gasteiger partial charge on any atom is 0.326 e. The number of hydrogen-bond acceptors (Lipinski definition) is 4. The molecule has 0 fully saturated rings. The van der Waals surface area contributed by atoms with Crippen molar-refractivity contribution in [3.8, 4) is 6.07 Å². The van der Waals surface area contributed by atoms with E-state index in [-0.39, 0.29) is 5.69 Å². The Morgan fingerprint density at radius 2 is 2.20 bits per heavy atom. The molecule has 1 aliphatic carbocycles. The summed E-state index contributed by atoms with van der Waals surface area (Å²) in [6, 6.07) is 12.0. The lowest BCUT2D eigenvalue weighted by Gasteiger charge is -2.07. The van der Waals surface area contributed by atoms with Crippen molar-refractivity contribution >= 4 is 22.8 Å². The van der Waals surface area contributed by atoms with E-state index in [2.05, 4.69) is 11.1 Å². The number of benzene rings is 1. The van der Waals surface area contributed by atoms with Crippen LogP contribution in [0.5, 0.6) is 0 Å². The van der Waals surface area contributed by atoms with Gasteiger partial charge in [-0.3, -0.25) is 4.57 Å². The largest absolute Gasteiger partial charge is 0.326 e. The topological polar surface area (TPSA) is 74.5 Å². The number of imidazole rings is 1. The van der Waals surface area contributed by atoms with Gasteiger partial charge in [0.2, 0.25) is 0 Å². The van der Waals surface area contributed by atoms with E-state index in [1.165, 1.54) is 5.56 Å². The first-order chi connectivity index (χ1) is 12.3. The summed E-state index contributed by atoms with van der Waals surface area (Å²) in [6.45, 7) is 0.655. The van der Waals surface area contributed by atoms with Gasteiger partial charge in [0.05, 0.1) is 16.6 Å². The monoisotopic (exact) mass is 350 g/mol. The Balaban J connectivity index is 1.44. The maximum atomic E-state index is 12.1. The molecule has 1 aromatic carbocycles. The Kier molecular flexibility index (Phi) is 4.33. The van der Waals surface area contributed by atoms with Crippen molar-refractivity contribution in [3.63, 3.8) is 0 Å². The van der Waals surface area contributed by atoms with Crippen LogP contribution in [0.2, 0.25) is 0 Å². The molecule has 3 aromatic rings. The minimum atomic E-state index is -0.0698. The van der Waals surface area contributed by atoms with Gasteiger partial charge in [-0.25, -0.2) is 9.78 Å². The number of nitriles is 1. The summed E-state index contributed by atoms with van der Waals surface area (Å²) in [5, 5.41) is 10.2. The number of H-pyrrole nitrogens is 1. The van der Waals surface area contributed by atoms with Gasteiger partial charge in [0.1, 0.15) is 11.1 Å². The zero-order valence-electron chi connectivity index (χ0n) is 13.8. The molecule has 0 unspecified atom stereocenters. The Bertz CT molecular complexity index is 1030. The Hall–Kier alpha value is -2.52. The van der Waals surface area contributed by atoms with Gasteiger partial charge in [-0.2, -0.15) is 5.26 Å². The fourth-order valence-electron chi connectivity index (χ4n) is 3.36. The SMILES string of the molecule is N#Cc1cc2c(nc1SCCCn1c(=O)[nH]c3ccccc31)CCC2. The number of nitrogens with zero attached hydrogens (tertiary/aromatic N) is 3. The van der Waals surface area contributed by atoms with Gasteiger partial charge >= 0.3 is 5.69 Å². The fraction of sp³-hybridized carbons (Fsp3) is 0.316. The lowest BCUT2D eigenvalue weighted by Crippen LogP contribution is -2.17. The normalized spacial score (nSPS) is 13.1. The molecule has 6 heteroatoms. The van der Waals surface area contributed by atoms with E-state index in [4.69, 9.17) is 4.98 Å². The molecular formula is C19H18N4OS. The maximum absolute atomic E-state index is 12.1. The third-order valence-corrected chi connectivity index (χ3v) is 5.66. The molecule has 0 aliphatic heterocycles. The molecule has 126 valence electrons. The van der Waals surface area contributed by atoms with Crippen LogP contribution in [0.15, 0.2) is 40.2 Å². The minimum absolute atomic E-state index is 0.0698. The van der Waals surface area contributed by atoms with Crippen LogP contribution in [-0.2, 0) is 19.4 Å². The molecule has 4 rings (SSSR count). The Labute approximate surface area is 149 Å². The summed E-state index contributed by atoms with van der Waals surface area (Å²) >= 11 is 1.61. The van der Waals surface area contributed by atoms with E-state index in [1.807, 2.05) is 30.3 Å². The van der Waals surface area contributed by atoms with Crippen LogP contribution in [0, 0.1) is 11.3 Å².